The lowest BCUT2D eigenvalue weighted by Gasteiger charge is -2.04. The van der Waals surface area contributed by atoms with Crippen LogP contribution >= 0.6 is 11.3 Å². The van der Waals surface area contributed by atoms with E-state index in [9.17, 15) is 0 Å². The smallest absolute Gasteiger partial charge is 0.0471 e. The second kappa shape index (κ2) is 7.97. The maximum atomic E-state index is 8.77. The van der Waals surface area contributed by atoms with Gasteiger partial charge in [-0.05, 0) is 36.8 Å². The molecule has 0 aliphatic heterocycles. The van der Waals surface area contributed by atoms with Crippen LogP contribution in [-0.2, 0) is 12.8 Å². The van der Waals surface area contributed by atoms with Gasteiger partial charge in [-0.1, -0.05) is 13.8 Å². The molecule has 3 N–H and O–H groups in total. The van der Waals surface area contributed by atoms with Crippen LogP contribution in [0, 0.1) is 0 Å². The average molecular weight is 215 g/mol. The van der Waals surface area contributed by atoms with Crippen molar-refractivity contribution in [1.29, 1.82) is 0 Å². The molecule has 1 unspecified atom stereocenters. The van der Waals surface area contributed by atoms with E-state index < -0.39 is 0 Å². The van der Waals surface area contributed by atoms with Gasteiger partial charge < -0.3 is 10.8 Å². The van der Waals surface area contributed by atoms with E-state index in [1.165, 1.54) is 10.4 Å². The first kappa shape index (κ1) is 13.6. The summed E-state index contributed by atoms with van der Waals surface area (Å²) in [5.41, 5.74) is 6.94. The molecule has 1 rings (SSSR count). The molecule has 3 heteroatoms. The Balaban J connectivity index is 0.000000791. The van der Waals surface area contributed by atoms with E-state index in [0.717, 1.165) is 12.8 Å². The number of aliphatic hydroxyl groups excluding tert-OH is 1. The molecule has 0 bridgehead atoms. The Morgan fingerprint density at radius 2 is 2.14 bits per heavy atom. The summed E-state index contributed by atoms with van der Waals surface area (Å²) in [6.45, 7) is 6.23. The van der Waals surface area contributed by atoms with Gasteiger partial charge in [-0.2, -0.15) is 0 Å². The Morgan fingerprint density at radius 3 is 2.64 bits per heavy atom. The Hall–Kier alpha value is -0.380. The zero-order valence-corrected chi connectivity index (χ0v) is 10.1. The van der Waals surface area contributed by atoms with Crippen molar-refractivity contribution in [1.82, 2.24) is 0 Å². The fourth-order valence-electron chi connectivity index (χ4n) is 1.18. The lowest BCUT2D eigenvalue weighted by Crippen LogP contribution is -2.17. The van der Waals surface area contributed by atoms with Gasteiger partial charge >= 0.3 is 0 Å². The maximum absolute atomic E-state index is 8.77. The summed E-state index contributed by atoms with van der Waals surface area (Å²) in [5.74, 6) is 0. The van der Waals surface area contributed by atoms with Crippen molar-refractivity contribution in [3.63, 3.8) is 0 Å². The van der Waals surface area contributed by atoms with Gasteiger partial charge in [0.2, 0.25) is 0 Å². The molecule has 0 saturated carbocycles. The molecule has 1 atom stereocenters. The van der Waals surface area contributed by atoms with E-state index in [2.05, 4.69) is 11.4 Å². The summed E-state index contributed by atoms with van der Waals surface area (Å²) in [5, 5.41) is 10.8. The van der Waals surface area contributed by atoms with Crippen LogP contribution in [0.15, 0.2) is 11.4 Å². The van der Waals surface area contributed by atoms with Gasteiger partial charge in [0.15, 0.2) is 0 Å². The molecule has 0 spiro atoms. The van der Waals surface area contributed by atoms with Gasteiger partial charge in [-0.25, -0.2) is 0 Å². The quantitative estimate of drug-likeness (QED) is 0.809. The molecular weight excluding hydrogens is 194 g/mol. The Morgan fingerprint density at radius 1 is 1.50 bits per heavy atom. The van der Waals surface area contributed by atoms with E-state index >= 15 is 0 Å². The summed E-state index contributed by atoms with van der Waals surface area (Å²) >= 11 is 1.73. The normalized spacial score (nSPS) is 11.8. The second-order valence-corrected chi connectivity index (χ2v) is 4.02. The van der Waals surface area contributed by atoms with Gasteiger partial charge in [-0.3, -0.25) is 0 Å². The molecule has 82 valence electrons. The van der Waals surface area contributed by atoms with Crippen molar-refractivity contribution in [2.45, 2.75) is 39.7 Å². The number of thiophene rings is 1. The summed E-state index contributed by atoms with van der Waals surface area (Å²) < 4.78 is 0. The van der Waals surface area contributed by atoms with Crippen LogP contribution in [0.5, 0.6) is 0 Å². The molecule has 1 heterocycles. The lowest BCUT2D eigenvalue weighted by atomic mass is 10.1. The van der Waals surface area contributed by atoms with E-state index in [4.69, 9.17) is 10.8 Å². The molecule has 0 radical (unpaired) electrons. The molecular formula is C11H21NOS. The first-order valence-corrected chi connectivity index (χ1v) is 6.03. The fourth-order valence-corrected chi connectivity index (χ4v) is 2.26. The minimum atomic E-state index is 0.209. The number of nitrogens with two attached hydrogens (primary N) is 1. The first-order chi connectivity index (χ1) is 6.74. The summed E-state index contributed by atoms with van der Waals surface area (Å²) in [6, 6.07) is 2.28. The predicted octanol–water partition coefficient (Wildman–Crippen LogP) is 2.20. The van der Waals surface area contributed by atoms with E-state index in [1.54, 1.807) is 11.3 Å². The minimum Gasteiger partial charge on any atom is -0.396 e. The first-order valence-electron chi connectivity index (χ1n) is 5.15. The Bertz CT molecular complexity index is 233. The molecule has 0 aliphatic rings. The molecule has 0 saturated heterocycles. The molecule has 0 amide bonds. The van der Waals surface area contributed by atoms with Crippen LogP contribution in [0.3, 0.4) is 0 Å². The number of hydrogen-bond donors (Lipinski definition) is 2. The highest BCUT2D eigenvalue weighted by Crippen LogP contribution is 2.18. The van der Waals surface area contributed by atoms with Crippen LogP contribution in [0.25, 0.3) is 0 Å². The van der Waals surface area contributed by atoms with Gasteiger partial charge in [0.05, 0.1) is 0 Å². The van der Waals surface area contributed by atoms with Crippen molar-refractivity contribution in [2.75, 3.05) is 6.61 Å². The molecule has 2 nitrogen and oxygen atoms in total. The fraction of sp³-hybridized carbons (Fsp3) is 0.636. The van der Waals surface area contributed by atoms with Crippen molar-refractivity contribution in [2.24, 2.45) is 5.73 Å². The third-order valence-corrected chi connectivity index (χ3v) is 2.71. The third kappa shape index (κ3) is 4.74. The highest BCUT2D eigenvalue weighted by atomic mass is 32.1. The monoisotopic (exact) mass is 215 g/mol. The van der Waals surface area contributed by atoms with Gasteiger partial charge in [-0.15, -0.1) is 11.3 Å². The standard InChI is InChI=1S/C9H15NOS.C2H6/c1-7(10)6-9-8(2-4-11)3-5-12-9;1-2/h3,5,7,11H,2,4,6,10H2,1H3;1-2H3. The number of aliphatic hydroxyl groups is 1. The summed E-state index contributed by atoms with van der Waals surface area (Å²) in [4.78, 5) is 1.32. The van der Waals surface area contributed by atoms with Gasteiger partial charge in [0.1, 0.15) is 0 Å². The lowest BCUT2D eigenvalue weighted by molar-refractivity contribution is 0.299. The zero-order chi connectivity index (χ0) is 11.0. The molecule has 1 aromatic rings. The summed E-state index contributed by atoms with van der Waals surface area (Å²) in [7, 11) is 0. The van der Waals surface area contributed by atoms with Crippen molar-refractivity contribution >= 4 is 11.3 Å². The van der Waals surface area contributed by atoms with Crippen LogP contribution in [0.1, 0.15) is 31.2 Å². The SMILES string of the molecule is CC.CC(N)Cc1sccc1CCO. The van der Waals surface area contributed by atoms with E-state index in [0.29, 0.717) is 0 Å². The second-order valence-electron chi connectivity index (χ2n) is 3.02. The maximum Gasteiger partial charge on any atom is 0.0471 e. The topological polar surface area (TPSA) is 46.2 Å². The number of hydrogen-bond acceptors (Lipinski definition) is 3. The molecule has 0 aliphatic carbocycles. The average Bonchev–Trinajstić information content (AvgIpc) is 2.56. The largest absolute Gasteiger partial charge is 0.396 e. The molecule has 0 aromatic carbocycles. The zero-order valence-electron chi connectivity index (χ0n) is 9.29. The van der Waals surface area contributed by atoms with Crippen molar-refractivity contribution < 1.29 is 5.11 Å². The summed E-state index contributed by atoms with van der Waals surface area (Å²) in [6.07, 6.45) is 1.68. The predicted molar refractivity (Wildman–Crippen MR) is 63.8 cm³/mol. The minimum absolute atomic E-state index is 0.209. The van der Waals surface area contributed by atoms with E-state index in [-0.39, 0.29) is 12.6 Å². The Kier molecular flexibility index (Phi) is 7.76. The molecule has 0 fully saturated rings. The highest BCUT2D eigenvalue weighted by Gasteiger charge is 2.05. The van der Waals surface area contributed by atoms with Crippen molar-refractivity contribution in [3.05, 3.63) is 21.9 Å². The molecule has 14 heavy (non-hydrogen) atoms. The number of rotatable bonds is 4. The van der Waals surface area contributed by atoms with Crippen LogP contribution in [-0.4, -0.2) is 17.8 Å². The van der Waals surface area contributed by atoms with Crippen LogP contribution in [0.2, 0.25) is 0 Å². The van der Waals surface area contributed by atoms with Gasteiger partial charge in [0.25, 0.3) is 0 Å². The van der Waals surface area contributed by atoms with Crippen LogP contribution in [0.4, 0.5) is 0 Å². The van der Waals surface area contributed by atoms with Crippen LogP contribution < -0.4 is 5.73 Å². The van der Waals surface area contributed by atoms with E-state index in [1.807, 2.05) is 20.8 Å². The highest BCUT2D eigenvalue weighted by molar-refractivity contribution is 7.10. The van der Waals surface area contributed by atoms with Crippen molar-refractivity contribution in [3.8, 4) is 0 Å². The Labute approximate surface area is 90.8 Å². The van der Waals surface area contributed by atoms with Gasteiger partial charge in [0, 0.05) is 17.5 Å². The third-order valence-electron chi connectivity index (χ3n) is 1.73. The molecule has 1 aromatic heterocycles.